The molecule has 6 heteroatoms. The first-order chi connectivity index (χ1) is 10.0. The molecule has 0 aromatic carbocycles. The number of hydrogen-bond donors (Lipinski definition) is 1. The number of carbonyl (C=O) groups excluding carboxylic acids is 2. The molecule has 2 amide bonds. The van der Waals surface area contributed by atoms with Crippen LogP contribution in [0.2, 0.25) is 0 Å². The summed E-state index contributed by atoms with van der Waals surface area (Å²) >= 11 is 0. The van der Waals surface area contributed by atoms with Gasteiger partial charge in [-0.25, -0.2) is 4.79 Å². The van der Waals surface area contributed by atoms with Crippen LogP contribution in [0.5, 0.6) is 0 Å². The highest BCUT2D eigenvalue weighted by atomic mass is 16.6. The number of carbonyl (C=O) groups is 2. The summed E-state index contributed by atoms with van der Waals surface area (Å²) in [4.78, 5) is 27.9. The Morgan fingerprint density at radius 1 is 1.32 bits per heavy atom. The van der Waals surface area contributed by atoms with E-state index in [1.165, 1.54) is 0 Å². The molecule has 0 spiro atoms. The third-order valence-corrected chi connectivity index (χ3v) is 3.95. The molecule has 1 unspecified atom stereocenters. The van der Waals surface area contributed by atoms with E-state index in [0.29, 0.717) is 13.1 Å². The summed E-state index contributed by atoms with van der Waals surface area (Å²) < 4.78 is 5.41. The van der Waals surface area contributed by atoms with Crippen LogP contribution in [0.25, 0.3) is 0 Å². The van der Waals surface area contributed by atoms with Crippen molar-refractivity contribution in [3.63, 3.8) is 0 Å². The van der Waals surface area contributed by atoms with Crippen LogP contribution in [-0.4, -0.2) is 59.6 Å². The third kappa shape index (κ3) is 5.16. The van der Waals surface area contributed by atoms with Gasteiger partial charge in [0.05, 0.1) is 6.04 Å². The molecule has 0 bridgehead atoms. The molecule has 1 aliphatic rings. The summed E-state index contributed by atoms with van der Waals surface area (Å²) in [5.41, 5.74) is 5.44. The van der Waals surface area contributed by atoms with E-state index in [0.717, 1.165) is 12.8 Å². The molecule has 22 heavy (non-hydrogen) atoms. The maximum absolute atomic E-state index is 12.4. The fraction of sp³-hybridized carbons (Fsp3) is 0.875. The lowest BCUT2D eigenvalue weighted by molar-refractivity contribution is -0.135. The van der Waals surface area contributed by atoms with Crippen LogP contribution in [0, 0.1) is 5.92 Å². The first-order valence-corrected chi connectivity index (χ1v) is 8.03. The summed E-state index contributed by atoms with van der Waals surface area (Å²) in [5.74, 6) is 0.0338. The molecular weight excluding hydrogens is 282 g/mol. The Labute approximate surface area is 134 Å². The third-order valence-electron chi connectivity index (χ3n) is 3.95. The highest BCUT2D eigenvalue weighted by Crippen LogP contribution is 2.19. The number of hydrogen-bond acceptors (Lipinski definition) is 4. The second-order valence-electron chi connectivity index (χ2n) is 7.44. The van der Waals surface area contributed by atoms with Gasteiger partial charge in [-0.2, -0.15) is 0 Å². The second-order valence-corrected chi connectivity index (χ2v) is 7.44. The molecule has 1 saturated heterocycles. The number of likely N-dealkylation sites (N-methyl/N-ethyl adjacent to an activating group) is 1. The Kier molecular flexibility index (Phi) is 6.23. The summed E-state index contributed by atoms with van der Waals surface area (Å²) in [6.45, 7) is 10.6. The van der Waals surface area contributed by atoms with Gasteiger partial charge < -0.3 is 20.3 Å². The first-order valence-electron chi connectivity index (χ1n) is 8.03. The average molecular weight is 313 g/mol. The number of rotatable bonds is 3. The average Bonchev–Trinajstić information content (AvgIpc) is 2.43. The van der Waals surface area contributed by atoms with E-state index in [9.17, 15) is 9.59 Å². The van der Waals surface area contributed by atoms with E-state index in [4.69, 9.17) is 10.5 Å². The van der Waals surface area contributed by atoms with Crippen LogP contribution in [-0.2, 0) is 9.53 Å². The van der Waals surface area contributed by atoms with Gasteiger partial charge in [0.1, 0.15) is 5.60 Å². The van der Waals surface area contributed by atoms with Crippen molar-refractivity contribution in [3.8, 4) is 0 Å². The number of ether oxygens (including phenoxy) is 1. The van der Waals surface area contributed by atoms with E-state index in [-0.39, 0.29) is 24.0 Å². The minimum absolute atomic E-state index is 0.00133. The normalized spacial score (nSPS) is 20.7. The van der Waals surface area contributed by atoms with Crippen LogP contribution in [0.3, 0.4) is 0 Å². The van der Waals surface area contributed by atoms with Crippen LogP contribution in [0.15, 0.2) is 0 Å². The number of nitrogens with two attached hydrogens (primary N) is 1. The van der Waals surface area contributed by atoms with Gasteiger partial charge in [-0.3, -0.25) is 4.79 Å². The SMILES string of the molecule is CC(C)[C@H](N)C(=O)N(C)C1CCCN(C(=O)OC(C)(C)C)C1. The summed E-state index contributed by atoms with van der Waals surface area (Å²) in [7, 11) is 1.77. The van der Waals surface area contributed by atoms with Gasteiger partial charge in [-0.05, 0) is 39.5 Å². The topological polar surface area (TPSA) is 75.9 Å². The van der Waals surface area contributed by atoms with Gasteiger partial charge in [0, 0.05) is 26.2 Å². The molecule has 0 aromatic rings. The van der Waals surface area contributed by atoms with E-state index in [2.05, 4.69) is 0 Å². The molecule has 2 atom stereocenters. The van der Waals surface area contributed by atoms with Crippen LogP contribution >= 0.6 is 0 Å². The van der Waals surface area contributed by atoms with E-state index in [1.807, 2.05) is 34.6 Å². The zero-order valence-electron chi connectivity index (χ0n) is 14.8. The van der Waals surface area contributed by atoms with E-state index >= 15 is 0 Å². The zero-order chi connectivity index (χ0) is 17.1. The van der Waals surface area contributed by atoms with Gasteiger partial charge in [-0.1, -0.05) is 13.8 Å². The molecule has 128 valence electrons. The summed E-state index contributed by atoms with van der Waals surface area (Å²) in [6, 6.07) is -0.500. The van der Waals surface area contributed by atoms with Gasteiger partial charge in [0.2, 0.25) is 5.91 Å². The maximum Gasteiger partial charge on any atom is 0.410 e. The Hall–Kier alpha value is -1.30. The molecule has 0 saturated carbocycles. The molecule has 1 aliphatic heterocycles. The smallest absolute Gasteiger partial charge is 0.410 e. The molecular formula is C16H31N3O3. The fourth-order valence-corrected chi connectivity index (χ4v) is 2.46. The molecule has 1 rings (SSSR count). The van der Waals surface area contributed by atoms with Crippen molar-refractivity contribution in [1.82, 2.24) is 9.80 Å². The molecule has 0 radical (unpaired) electrons. The predicted molar refractivity (Wildman–Crippen MR) is 86.4 cm³/mol. The van der Waals surface area contributed by atoms with Crippen molar-refractivity contribution in [2.75, 3.05) is 20.1 Å². The zero-order valence-corrected chi connectivity index (χ0v) is 14.8. The molecule has 2 N–H and O–H groups in total. The minimum Gasteiger partial charge on any atom is -0.444 e. The Balaban J connectivity index is 2.66. The molecule has 1 heterocycles. The van der Waals surface area contributed by atoms with Crippen molar-refractivity contribution in [2.24, 2.45) is 11.7 Å². The second kappa shape index (κ2) is 7.31. The Morgan fingerprint density at radius 2 is 1.91 bits per heavy atom. The van der Waals surface area contributed by atoms with Gasteiger partial charge >= 0.3 is 6.09 Å². The maximum atomic E-state index is 12.4. The highest BCUT2D eigenvalue weighted by molar-refractivity contribution is 5.82. The lowest BCUT2D eigenvalue weighted by atomic mass is 10.0. The quantitative estimate of drug-likeness (QED) is 0.862. The highest BCUT2D eigenvalue weighted by Gasteiger charge is 2.32. The Morgan fingerprint density at radius 3 is 2.41 bits per heavy atom. The van der Waals surface area contributed by atoms with Crippen LogP contribution < -0.4 is 5.73 Å². The van der Waals surface area contributed by atoms with E-state index in [1.54, 1.807) is 16.8 Å². The lowest BCUT2D eigenvalue weighted by Gasteiger charge is -2.39. The van der Waals surface area contributed by atoms with Crippen molar-refractivity contribution in [2.45, 2.75) is 65.1 Å². The van der Waals surface area contributed by atoms with Crippen molar-refractivity contribution in [1.29, 1.82) is 0 Å². The molecule has 0 aromatic heterocycles. The number of amides is 2. The van der Waals surface area contributed by atoms with Crippen molar-refractivity contribution >= 4 is 12.0 Å². The first kappa shape index (κ1) is 18.7. The summed E-state index contributed by atoms with van der Waals surface area (Å²) in [6.07, 6.45) is 1.43. The molecule has 6 nitrogen and oxygen atoms in total. The van der Waals surface area contributed by atoms with Gasteiger partial charge in [-0.15, -0.1) is 0 Å². The predicted octanol–water partition coefficient (Wildman–Crippen LogP) is 1.83. The van der Waals surface area contributed by atoms with Crippen LogP contribution in [0.1, 0.15) is 47.5 Å². The number of likely N-dealkylation sites (tertiary alicyclic amines) is 1. The number of piperidine rings is 1. The van der Waals surface area contributed by atoms with Crippen molar-refractivity contribution in [3.05, 3.63) is 0 Å². The molecule has 1 fully saturated rings. The fourth-order valence-electron chi connectivity index (χ4n) is 2.46. The summed E-state index contributed by atoms with van der Waals surface area (Å²) in [5, 5.41) is 0. The Bertz CT molecular complexity index is 404. The molecule has 0 aliphatic carbocycles. The van der Waals surface area contributed by atoms with E-state index < -0.39 is 11.6 Å². The monoisotopic (exact) mass is 313 g/mol. The minimum atomic E-state index is -0.508. The van der Waals surface area contributed by atoms with Gasteiger partial charge in [0.15, 0.2) is 0 Å². The largest absolute Gasteiger partial charge is 0.444 e. The van der Waals surface area contributed by atoms with Crippen molar-refractivity contribution < 1.29 is 14.3 Å². The van der Waals surface area contributed by atoms with Gasteiger partial charge in [0.25, 0.3) is 0 Å². The standard InChI is InChI=1S/C16H31N3O3/c1-11(2)13(17)14(20)18(6)12-8-7-9-19(10-12)15(21)22-16(3,4)5/h11-13H,7-10,17H2,1-6H3/t12?,13-/m0/s1. The number of nitrogens with zero attached hydrogens (tertiary/aromatic N) is 2. The van der Waals surface area contributed by atoms with Crippen LogP contribution in [0.4, 0.5) is 4.79 Å². The lowest BCUT2D eigenvalue weighted by Crippen LogP contribution is -2.55.